The van der Waals surface area contributed by atoms with Crippen LogP contribution < -0.4 is 16.0 Å². The minimum atomic E-state index is -4.43. The Balaban J connectivity index is 2.25. The van der Waals surface area contributed by atoms with E-state index in [-0.39, 0.29) is 6.54 Å². The highest BCUT2D eigenvalue weighted by Gasteiger charge is 2.33. The zero-order valence-corrected chi connectivity index (χ0v) is 16.0. The lowest BCUT2D eigenvalue weighted by Crippen LogP contribution is -2.39. The van der Waals surface area contributed by atoms with Crippen molar-refractivity contribution in [3.05, 3.63) is 16.1 Å². The van der Waals surface area contributed by atoms with E-state index in [1.807, 2.05) is 0 Å². The Morgan fingerprint density at radius 3 is 2.42 bits per heavy atom. The van der Waals surface area contributed by atoms with Gasteiger partial charge in [-0.05, 0) is 27.2 Å². The van der Waals surface area contributed by atoms with Gasteiger partial charge in [0, 0.05) is 25.5 Å². The topological polar surface area (TPSA) is 87.6 Å². The minimum Gasteiger partial charge on any atom is -0.444 e. The normalized spacial score (nSPS) is 12.7. The summed E-state index contributed by atoms with van der Waals surface area (Å²) in [5.41, 5.74) is -1.44. The lowest BCUT2D eigenvalue weighted by molar-refractivity contribution is -0.140. The van der Waals surface area contributed by atoms with E-state index < -0.39 is 23.6 Å². The molecule has 0 saturated carbocycles. The minimum absolute atomic E-state index is 0.135. The van der Waals surface area contributed by atoms with Crippen LogP contribution in [0.15, 0.2) is 10.4 Å². The summed E-state index contributed by atoms with van der Waals surface area (Å²) in [4.78, 5) is 19.0. The number of nitrogens with one attached hydrogen (secondary N) is 3. The second-order valence-electron chi connectivity index (χ2n) is 6.26. The molecule has 26 heavy (non-hydrogen) atoms. The molecular formula is C15H24F3N5O2S. The number of nitrogens with zero attached hydrogens (tertiary/aromatic N) is 2. The smallest absolute Gasteiger partial charge is 0.434 e. The van der Waals surface area contributed by atoms with E-state index >= 15 is 0 Å². The number of halogens is 3. The van der Waals surface area contributed by atoms with Crippen LogP contribution in [-0.4, -0.2) is 42.8 Å². The van der Waals surface area contributed by atoms with Crippen LogP contribution in [-0.2, 0) is 17.5 Å². The van der Waals surface area contributed by atoms with Crippen LogP contribution in [0.3, 0.4) is 0 Å². The highest BCUT2D eigenvalue weighted by Crippen LogP contribution is 2.29. The molecule has 0 atom stereocenters. The predicted octanol–water partition coefficient (Wildman–Crippen LogP) is 2.74. The van der Waals surface area contributed by atoms with Crippen LogP contribution in [0, 0.1) is 0 Å². The van der Waals surface area contributed by atoms with Crippen molar-refractivity contribution in [1.29, 1.82) is 0 Å². The maximum atomic E-state index is 12.5. The molecule has 0 unspecified atom stereocenters. The van der Waals surface area contributed by atoms with Gasteiger partial charge in [-0.15, -0.1) is 11.3 Å². The standard InChI is InChI=1S/C15H24F3N5O2S/c1-14(2,3)25-13(24)21-7-5-6-20-12(19-4)22-8-11-23-10(9-26-11)15(16,17)18/h9H,5-8H2,1-4H3,(H,21,24)(H2,19,20,22). The molecular weight excluding hydrogens is 371 g/mol. The fraction of sp³-hybridized carbons (Fsp3) is 0.667. The van der Waals surface area contributed by atoms with Gasteiger partial charge in [0.25, 0.3) is 0 Å². The summed E-state index contributed by atoms with van der Waals surface area (Å²) < 4.78 is 42.6. The summed E-state index contributed by atoms with van der Waals surface area (Å²) in [6.07, 6.45) is -4.30. The molecule has 1 rings (SSSR count). The molecule has 0 aliphatic carbocycles. The fourth-order valence-corrected chi connectivity index (χ4v) is 2.44. The maximum Gasteiger partial charge on any atom is 0.434 e. The van der Waals surface area contributed by atoms with Gasteiger partial charge in [0.05, 0.1) is 6.54 Å². The first-order chi connectivity index (χ1) is 12.0. The van der Waals surface area contributed by atoms with Gasteiger partial charge in [0.1, 0.15) is 10.6 Å². The number of aliphatic imine (C=N–C) groups is 1. The lowest BCUT2D eigenvalue weighted by Gasteiger charge is -2.19. The van der Waals surface area contributed by atoms with Crippen molar-refractivity contribution < 1.29 is 22.7 Å². The quantitative estimate of drug-likeness (QED) is 0.392. The summed E-state index contributed by atoms with van der Waals surface area (Å²) in [6.45, 7) is 6.41. The Hall–Kier alpha value is -2.04. The highest BCUT2D eigenvalue weighted by atomic mass is 32.1. The monoisotopic (exact) mass is 395 g/mol. The summed E-state index contributed by atoms with van der Waals surface area (Å²) in [7, 11) is 1.55. The summed E-state index contributed by atoms with van der Waals surface area (Å²) in [5, 5.41) is 9.81. The molecule has 1 amide bonds. The number of ether oxygens (including phenoxy) is 1. The average molecular weight is 395 g/mol. The molecule has 0 bridgehead atoms. The number of carbonyl (C=O) groups excluding carboxylic acids is 1. The van der Waals surface area contributed by atoms with Crippen LogP contribution >= 0.6 is 11.3 Å². The van der Waals surface area contributed by atoms with E-state index in [1.165, 1.54) is 0 Å². The molecule has 0 fully saturated rings. The Morgan fingerprint density at radius 2 is 1.88 bits per heavy atom. The maximum absolute atomic E-state index is 12.5. The van der Waals surface area contributed by atoms with Crippen LogP contribution in [0.25, 0.3) is 0 Å². The lowest BCUT2D eigenvalue weighted by atomic mass is 10.2. The van der Waals surface area contributed by atoms with Gasteiger partial charge in [-0.25, -0.2) is 9.78 Å². The van der Waals surface area contributed by atoms with Gasteiger partial charge in [0.15, 0.2) is 11.7 Å². The van der Waals surface area contributed by atoms with E-state index in [4.69, 9.17) is 4.74 Å². The van der Waals surface area contributed by atoms with Gasteiger partial charge in [0.2, 0.25) is 0 Å². The number of guanidine groups is 1. The van der Waals surface area contributed by atoms with E-state index in [9.17, 15) is 18.0 Å². The van der Waals surface area contributed by atoms with E-state index in [0.717, 1.165) is 16.7 Å². The molecule has 7 nitrogen and oxygen atoms in total. The number of alkyl halides is 3. The largest absolute Gasteiger partial charge is 0.444 e. The molecule has 3 N–H and O–H groups in total. The van der Waals surface area contributed by atoms with Crippen molar-refractivity contribution in [1.82, 2.24) is 20.9 Å². The third-order valence-electron chi connectivity index (χ3n) is 2.79. The zero-order chi connectivity index (χ0) is 19.8. The molecule has 0 radical (unpaired) electrons. The Morgan fingerprint density at radius 1 is 1.23 bits per heavy atom. The van der Waals surface area contributed by atoms with Crippen LogP contribution in [0.5, 0.6) is 0 Å². The molecule has 148 valence electrons. The van der Waals surface area contributed by atoms with Crippen molar-refractivity contribution in [2.75, 3.05) is 20.1 Å². The van der Waals surface area contributed by atoms with Crippen molar-refractivity contribution in [2.24, 2.45) is 4.99 Å². The average Bonchev–Trinajstić information content (AvgIpc) is 2.97. The molecule has 1 aromatic heterocycles. The first-order valence-electron chi connectivity index (χ1n) is 7.94. The third-order valence-corrected chi connectivity index (χ3v) is 3.64. The summed E-state index contributed by atoms with van der Waals surface area (Å²) in [6, 6.07) is 0. The fourth-order valence-electron chi connectivity index (χ4n) is 1.70. The second-order valence-corrected chi connectivity index (χ2v) is 7.20. The van der Waals surface area contributed by atoms with Crippen molar-refractivity contribution in [3.63, 3.8) is 0 Å². The van der Waals surface area contributed by atoms with Crippen LogP contribution in [0.2, 0.25) is 0 Å². The molecule has 0 saturated heterocycles. The number of rotatable bonds is 6. The Labute approximate surface area is 154 Å². The highest BCUT2D eigenvalue weighted by molar-refractivity contribution is 7.09. The van der Waals surface area contributed by atoms with Crippen molar-refractivity contribution in [3.8, 4) is 0 Å². The van der Waals surface area contributed by atoms with Crippen molar-refractivity contribution >= 4 is 23.4 Å². The summed E-state index contributed by atoms with van der Waals surface area (Å²) in [5.74, 6) is 0.436. The van der Waals surface area contributed by atoms with Crippen LogP contribution in [0.4, 0.5) is 18.0 Å². The molecule has 0 spiro atoms. The van der Waals surface area contributed by atoms with E-state index in [1.54, 1.807) is 27.8 Å². The first-order valence-corrected chi connectivity index (χ1v) is 8.82. The number of aromatic nitrogens is 1. The van der Waals surface area contributed by atoms with E-state index in [0.29, 0.717) is 30.5 Å². The van der Waals surface area contributed by atoms with E-state index in [2.05, 4.69) is 25.9 Å². The van der Waals surface area contributed by atoms with Gasteiger partial charge >= 0.3 is 12.3 Å². The van der Waals surface area contributed by atoms with Gasteiger partial charge in [-0.3, -0.25) is 4.99 Å². The molecule has 11 heteroatoms. The van der Waals surface area contributed by atoms with Gasteiger partial charge < -0.3 is 20.7 Å². The number of alkyl carbamates (subject to hydrolysis) is 1. The SMILES string of the molecule is CN=C(NCCCNC(=O)OC(C)(C)C)NCc1nc(C(F)(F)F)cs1. The number of thiazole rings is 1. The van der Waals surface area contributed by atoms with Crippen LogP contribution in [0.1, 0.15) is 37.9 Å². The molecule has 0 aliphatic rings. The first kappa shape index (κ1) is 22.0. The summed E-state index contributed by atoms with van der Waals surface area (Å²) >= 11 is 0.931. The number of hydrogen-bond donors (Lipinski definition) is 3. The second kappa shape index (κ2) is 9.60. The van der Waals surface area contributed by atoms with Gasteiger partial charge in [-0.1, -0.05) is 0 Å². The molecule has 1 heterocycles. The number of carbonyl (C=O) groups is 1. The molecule has 1 aromatic rings. The molecule has 0 aromatic carbocycles. The molecule has 0 aliphatic heterocycles. The predicted molar refractivity (Wildman–Crippen MR) is 94.2 cm³/mol. The number of amides is 1. The Bertz CT molecular complexity index is 611. The van der Waals surface area contributed by atoms with Gasteiger partial charge in [-0.2, -0.15) is 13.2 Å². The van der Waals surface area contributed by atoms with Crippen molar-refractivity contribution in [2.45, 2.75) is 45.5 Å². The number of hydrogen-bond acceptors (Lipinski definition) is 5. The zero-order valence-electron chi connectivity index (χ0n) is 15.2. The third kappa shape index (κ3) is 8.88. The Kier molecular flexibility index (Phi) is 8.12.